The lowest BCUT2D eigenvalue weighted by molar-refractivity contribution is -0.141. The zero-order valence-electron chi connectivity index (χ0n) is 12.8. The molecule has 0 aromatic carbocycles. The van der Waals surface area contributed by atoms with Crippen LogP contribution >= 0.6 is 0 Å². The van der Waals surface area contributed by atoms with Gasteiger partial charge in [0.2, 0.25) is 11.8 Å². The molecule has 5 nitrogen and oxygen atoms in total. The summed E-state index contributed by atoms with van der Waals surface area (Å²) in [4.78, 5) is 25.7. The first-order valence-electron chi connectivity index (χ1n) is 7.15. The zero-order valence-corrected chi connectivity index (χ0v) is 12.8. The lowest BCUT2D eigenvalue weighted by Crippen LogP contribution is -2.48. The van der Waals surface area contributed by atoms with E-state index < -0.39 is 12.7 Å². The lowest BCUT2D eigenvalue weighted by atomic mass is 10.1. The Hall–Kier alpha value is -1.57. The van der Waals surface area contributed by atoms with Gasteiger partial charge in [-0.05, 0) is 19.9 Å². The van der Waals surface area contributed by atoms with Gasteiger partial charge in [-0.2, -0.15) is 13.2 Å². The number of alkyl halides is 3. The standard InChI is InChI=1S/C14H22F3N3O2/c1-11(21)18-12-5-3-8-20(9-12)13(22)6-4-7-19(2)10-14(15,16)17/h4,6,12H,3,5,7-10H2,1-2H3,(H,18,21)/b6-4+. The van der Waals surface area contributed by atoms with Crippen LogP contribution in [0.5, 0.6) is 0 Å². The van der Waals surface area contributed by atoms with E-state index in [1.807, 2.05) is 0 Å². The van der Waals surface area contributed by atoms with E-state index in [2.05, 4.69) is 5.32 Å². The molecular weight excluding hydrogens is 299 g/mol. The maximum atomic E-state index is 12.2. The van der Waals surface area contributed by atoms with E-state index in [9.17, 15) is 22.8 Å². The van der Waals surface area contributed by atoms with Crippen LogP contribution in [-0.4, -0.2) is 67.1 Å². The summed E-state index contributed by atoms with van der Waals surface area (Å²) in [7, 11) is 1.34. The smallest absolute Gasteiger partial charge is 0.352 e. The van der Waals surface area contributed by atoms with Crippen molar-refractivity contribution < 1.29 is 22.8 Å². The SMILES string of the molecule is CC(=O)NC1CCCN(C(=O)/C=C/CN(C)CC(F)(F)F)C1. The summed E-state index contributed by atoms with van der Waals surface area (Å²) in [5.74, 6) is -0.376. The molecule has 1 rings (SSSR count). The van der Waals surface area contributed by atoms with Crippen LogP contribution in [0.2, 0.25) is 0 Å². The molecule has 1 atom stereocenters. The van der Waals surface area contributed by atoms with Gasteiger partial charge in [-0.3, -0.25) is 14.5 Å². The Morgan fingerprint density at radius 2 is 2.09 bits per heavy atom. The van der Waals surface area contributed by atoms with E-state index in [0.717, 1.165) is 17.7 Å². The highest BCUT2D eigenvalue weighted by atomic mass is 19.4. The number of carbonyl (C=O) groups is 2. The Bertz CT molecular complexity index is 424. The summed E-state index contributed by atoms with van der Waals surface area (Å²) >= 11 is 0. The van der Waals surface area contributed by atoms with Crippen molar-refractivity contribution in [2.45, 2.75) is 32.0 Å². The minimum absolute atomic E-state index is 0.0498. The van der Waals surface area contributed by atoms with E-state index >= 15 is 0 Å². The minimum Gasteiger partial charge on any atom is -0.352 e. The summed E-state index contributed by atoms with van der Waals surface area (Å²) in [5.41, 5.74) is 0. The molecule has 0 saturated carbocycles. The minimum atomic E-state index is -4.24. The molecule has 1 aliphatic heterocycles. The molecule has 0 aliphatic carbocycles. The van der Waals surface area contributed by atoms with Gasteiger partial charge in [0.1, 0.15) is 0 Å². The van der Waals surface area contributed by atoms with Crippen LogP contribution in [0.1, 0.15) is 19.8 Å². The van der Waals surface area contributed by atoms with Gasteiger partial charge in [0.05, 0.1) is 6.54 Å². The van der Waals surface area contributed by atoms with Crippen molar-refractivity contribution in [2.24, 2.45) is 0 Å². The third-order valence-electron chi connectivity index (χ3n) is 3.27. The molecule has 0 radical (unpaired) electrons. The fraction of sp³-hybridized carbons (Fsp3) is 0.714. The van der Waals surface area contributed by atoms with Crippen molar-refractivity contribution in [2.75, 3.05) is 33.2 Å². The molecule has 1 unspecified atom stereocenters. The van der Waals surface area contributed by atoms with Crippen molar-refractivity contribution >= 4 is 11.8 Å². The Kier molecular flexibility index (Phi) is 6.86. The third kappa shape index (κ3) is 7.44. The van der Waals surface area contributed by atoms with Gasteiger partial charge in [0, 0.05) is 38.7 Å². The number of nitrogens with one attached hydrogen (secondary N) is 1. The number of carbonyl (C=O) groups excluding carboxylic acids is 2. The van der Waals surface area contributed by atoms with Crippen LogP contribution in [0.4, 0.5) is 13.2 Å². The first-order valence-corrected chi connectivity index (χ1v) is 7.15. The van der Waals surface area contributed by atoms with Crippen LogP contribution in [-0.2, 0) is 9.59 Å². The van der Waals surface area contributed by atoms with Gasteiger partial charge in [-0.15, -0.1) is 0 Å². The average molecular weight is 321 g/mol. The molecule has 126 valence electrons. The second-order valence-corrected chi connectivity index (χ2v) is 5.54. The molecule has 1 N–H and O–H groups in total. The van der Waals surface area contributed by atoms with Crippen molar-refractivity contribution in [1.82, 2.24) is 15.1 Å². The Morgan fingerprint density at radius 1 is 1.41 bits per heavy atom. The maximum Gasteiger partial charge on any atom is 0.401 e. The number of hydrogen-bond acceptors (Lipinski definition) is 3. The van der Waals surface area contributed by atoms with E-state index in [-0.39, 0.29) is 24.4 Å². The highest BCUT2D eigenvalue weighted by Gasteiger charge is 2.28. The molecule has 2 amide bonds. The largest absolute Gasteiger partial charge is 0.401 e. The van der Waals surface area contributed by atoms with Crippen molar-refractivity contribution in [3.8, 4) is 0 Å². The highest BCUT2D eigenvalue weighted by Crippen LogP contribution is 2.15. The molecule has 8 heteroatoms. The van der Waals surface area contributed by atoms with Gasteiger partial charge >= 0.3 is 6.18 Å². The van der Waals surface area contributed by atoms with E-state index in [1.165, 1.54) is 26.1 Å². The number of likely N-dealkylation sites (tertiary alicyclic amines) is 1. The van der Waals surface area contributed by atoms with Crippen LogP contribution < -0.4 is 5.32 Å². The van der Waals surface area contributed by atoms with Gasteiger partial charge in [0.15, 0.2) is 0 Å². The summed E-state index contributed by atoms with van der Waals surface area (Å²) < 4.78 is 36.5. The van der Waals surface area contributed by atoms with E-state index in [4.69, 9.17) is 0 Å². The summed E-state index contributed by atoms with van der Waals surface area (Å²) in [6.45, 7) is 1.49. The topological polar surface area (TPSA) is 52.7 Å². The predicted molar refractivity (Wildman–Crippen MR) is 76.1 cm³/mol. The number of halogens is 3. The maximum absolute atomic E-state index is 12.2. The van der Waals surface area contributed by atoms with Crippen molar-refractivity contribution in [3.63, 3.8) is 0 Å². The normalized spacial score (nSPS) is 19.7. The number of nitrogens with zero attached hydrogens (tertiary/aromatic N) is 2. The quantitative estimate of drug-likeness (QED) is 0.773. The molecule has 22 heavy (non-hydrogen) atoms. The monoisotopic (exact) mass is 321 g/mol. The second kappa shape index (κ2) is 8.17. The molecule has 1 fully saturated rings. The van der Waals surface area contributed by atoms with Gasteiger partial charge in [0.25, 0.3) is 0 Å². The number of amides is 2. The Morgan fingerprint density at radius 3 is 2.68 bits per heavy atom. The van der Waals surface area contributed by atoms with E-state index in [0.29, 0.717) is 13.1 Å². The first-order chi connectivity index (χ1) is 10.2. The number of likely N-dealkylation sites (N-methyl/N-ethyl adjacent to an activating group) is 1. The highest BCUT2D eigenvalue weighted by molar-refractivity contribution is 5.87. The third-order valence-corrected chi connectivity index (χ3v) is 3.27. The van der Waals surface area contributed by atoms with Gasteiger partial charge < -0.3 is 10.2 Å². The molecule has 0 spiro atoms. The van der Waals surface area contributed by atoms with Crippen molar-refractivity contribution in [1.29, 1.82) is 0 Å². The van der Waals surface area contributed by atoms with Crippen molar-refractivity contribution in [3.05, 3.63) is 12.2 Å². The summed E-state index contributed by atoms with van der Waals surface area (Å²) in [6.07, 6.45) is 0.0874. The molecule has 1 saturated heterocycles. The van der Waals surface area contributed by atoms with Crippen LogP contribution in [0.3, 0.4) is 0 Å². The first kappa shape index (κ1) is 18.5. The Balaban J connectivity index is 2.40. The number of hydrogen-bond donors (Lipinski definition) is 1. The van der Waals surface area contributed by atoms with Crippen LogP contribution in [0.25, 0.3) is 0 Å². The molecule has 0 aromatic rings. The fourth-order valence-electron chi connectivity index (χ4n) is 2.39. The zero-order chi connectivity index (χ0) is 16.8. The number of rotatable bonds is 5. The predicted octanol–water partition coefficient (Wildman–Crippen LogP) is 1.16. The molecule has 0 aromatic heterocycles. The Labute approximate surface area is 128 Å². The van der Waals surface area contributed by atoms with Gasteiger partial charge in [-0.25, -0.2) is 0 Å². The van der Waals surface area contributed by atoms with Crippen LogP contribution in [0, 0.1) is 0 Å². The van der Waals surface area contributed by atoms with Crippen LogP contribution in [0.15, 0.2) is 12.2 Å². The second-order valence-electron chi connectivity index (χ2n) is 5.54. The molecule has 0 bridgehead atoms. The number of piperidine rings is 1. The molecule has 1 heterocycles. The fourth-order valence-corrected chi connectivity index (χ4v) is 2.39. The lowest BCUT2D eigenvalue weighted by Gasteiger charge is -2.32. The average Bonchev–Trinajstić information content (AvgIpc) is 2.35. The summed E-state index contributed by atoms with van der Waals surface area (Å²) in [6, 6.07) is -0.0588. The van der Waals surface area contributed by atoms with Gasteiger partial charge in [-0.1, -0.05) is 6.08 Å². The van der Waals surface area contributed by atoms with E-state index in [1.54, 1.807) is 4.90 Å². The molecule has 1 aliphatic rings. The molecular formula is C14H22F3N3O2. The summed E-state index contributed by atoms with van der Waals surface area (Å²) in [5, 5.41) is 2.78.